The fraction of sp³-hybridized carbons (Fsp3) is 0.923. The van der Waals surface area contributed by atoms with Gasteiger partial charge in [-0.1, -0.05) is 0 Å². The lowest BCUT2D eigenvalue weighted by atomic mass is 10.3. The fourth-order valence-electron chi connectivity index (χ4n) is 2.15. The maximum Gasteiger partial charge on any atom is 0.305 e. The molecule has 4 nitrogen and oxygen atoms in total. The van der Waals surface area contributed by atoms with Crippen molar-refractivity contribution in [2.45, 2.75) is 39.0 Å². The first kappa shape index (κ1) is 14.5. The average Bonchev–Trinajstić information content (AvgIpc) is 2.81. The molecule has 0 atom stereocenters. The Balaban J connectivity index is 1.79. The minimum absolute atomic E-state index is 0.0774. The third-order valence-corrected chi connectivity index (χ3v) is 3.07. The topological polar surface area (TPSA) is 41.6 Å². The molecule has 0 bridgehead atoms. The zero-order valence-electron chi connectivity index (χ0n) is 11.0. The van der Waals surface area contributed by atoms with Crippen LogP contribution in [-0.4, -0.2) is 50.2 Å². The van der Waals surface area contributed by atoms with Crippen molar-refractivity contribution in [2.24, 2.45) is 0 Å². The molecule has 1 saturated heterocycles. The van der Waals surface area contributed by atoms with E-state index in [1.165, 1.54) is 38.9 Å². The zero-order chi connectivity index (χ0) is 12.3. The second kappa shape index (κ2) is 9.42. The maximum absolute atomic E-state index is 11.0. The van der Waals surface area contributed by atoms with Gasteiger partial charge in [0.25, 0.3) is 0 Å². The van der Waals surface area contributed by atoms with Crippen LogP contribution < -0.4 is 5.32 Å². The molecule has 0 spiro atoms. The van der Waals surface area contributed by atoms with Crippen LogP contribution in [0.25, 0.3) is 0 Å². The number of ether oxygens (including phenoxy) is 1. The third kappa shape index (κ3) is 7.34. The Kier molecular flexibility index (Phi) is 8.01. The van der Waals surface area contributed by atoms with Gasteiger partial charge in [0, 0.05) is 6.42 Å². The van der Waals surface area contributed by atoms with E-state index in [2.05, 4.69) is 10.2 Å². The summed E-state index contributed by atoms with van der Waals surface area (Å²) in [5.74, 6) is -0.0774. The van der Waals surface area contributed by atoms with Crippen LogP contribution >= 0.6 is 0 Å². The molecule has 1 N–H and O–H groups in total. The van der Waals surface area contributed by atoms with E-state index in [1.807, 2.05) is 6.92 Å². The number of esters is 1. The molecule has 4 heteroatoms. The van der Waals surface area contributed by atoms with Crippen molar-refractivity contribution in [3.05, 3.63) is 0 Å². The van der Waals surface area contributed by atoms with Crippen molar-refractivity contribution in [1.82, 2.24) is 10.2 Å². The molecule has 100 valence electrons. The molecular formula is C13H26N2O2. The van der Waals surface area contributed by atoms with Crippen LogP contribution in [0.1, 0.15) is 39.0 Å². The molecule has 0 aromatic carbocycles. The number of likely N-dealkylation sites (tertiary alicyclic amines) is 1. The van der Waals surface area contributed by atoms with Crippen molar-refractivity contribution in [1.29, 1.82) is 0 Å². The Morgan fingerprint density at radius 3 is 2.65 bits per heavy atom. The molecule has 0 aromatic heterocycles. The van der Waals surface area contributed by atoms with Crippen molar-refractivity contribution < 1.29 is 9.53 Å². The van der Waals surface area contributed by atoms with E-state index >= 15 is 0 Å². The van der Waals surface area contributed by atoms with Gasteiger partial charge in [0.05, 0.1) is 6.61 Å². The Morgan fingerprint density at radius 2 is 1.94 bits per heavy atom. The molecule has 0 amide bonds. The number of hydrogen-bond donors (Lipinski definition) is 1. The van der Waals surface area contributed by atoms with Gasteiger partial charge in [-0.05, 0) is 65.3 Å². The maximum atomic E-state index is 11.0. The van der Waals surface area contributed by atoms with Crippen LogP contribution in [0.15, 0.2) is 0 Å². The summed E-state index contributed by atoms with van der Waals surface area (Å²) in [6.45, 7) is 8.07. The fourth-order valence-corrected chi connectivity index (χ4v) is 2.15. The summed E-state index contributed by atoms with van der Waals surface area (Å²) in [7, 11) is 0. The van der Waals surface area contributed by atoms with E-state index < -0.39 is 0 Å². The smallest absolute Gasteiger partial charge is 0.305 e. The molecule has 1 aliphatic heterocycles. The van der Waals surface area contributed by atoms with Gasteiger partial charge in [-0.25, -0.2) is 0 Å². The van der Waals surface area contributed by atoms with Crippen LogP contribution in [0.2, 0.25) is 0 Å². The van der Waals surface area contributed by atoms with E-state index in [4.69, 9.17) is 4.74 Å². The van der Waals surface area contributed by atoms with Crippen molar-refractivity contribution in [3.8, 4) is 0 Å². The van der Waals surface area contributed by atoms with Crippen molar-refractivity contribution >= 4 is 5.97 Å². The van der Waals surface area contributed by atoms with Gasteiger partial charge in [0.2, 0.25) is 0 Å². The summed E-state index contributed by atoms with van der Waals surface area (Å²) in [5.41, 5.74) is 0. The second-order valence-corrected chi connectivity index (χ2v) is 4.56. The van der Waals surface area contributed by atoms with Crippen LogP contribution in [0.5, 0.6) is 0 Å². The first-order valence-corrected chi connectivity index (χ1v) is 6.91. The Morgan fingerprint density at radius 1 is 1.24 bits per heavy atom. The van der Waals surface area contributed by atoms with Crippen molar-refractivity contribution in [3.63, 3.8) is 0 Å². The molecule has 1 heterocycles. The molecule has 0 aliphatic carbocycles. The lowest BCUT2D eigenvalue weighted by Crippen LogP contribution is -2.25. The first-order valence-electron chi connectivity index (χ1n) is 6.91. The largest absolute Gasteiger partial charge is 0.466 e. The van der Waals surface area contributed by atoms with Crippen LogP contribution in [0.4, 0.5) is 0 Å². The van der Waals surface area contributed by atoms with Gasteiger partial charge < -0.3 is 15.0 Å². The van der Waals surface area contributed by atoms with E-state index in [0.717, 1.165) is 19.5 Å². The molecule has 1 fully saturated rings. The zero-order valence-corrected chi connectivity index (χ0v) is 11.0. The second-order valence-electron chi connectivity index (χ2n) is 4.56. The Labute approximate surface area is 105 Å². The van der Waals surface area contributed by atoms with E-state index in [9.17, 15) is 4.79 Å². The lowest BCUT2D eigenvalue weighted by Gasteiger charge is -2.14. The molecule has 1 aliphatic rings. The summed E-state index contributed by atoms with van der Waals surface area (Å²) in [6.07, 6.45) is 5.36. The SMILES string of the molecule is CCOC(=O)CCCNCCCN1CCCC1. The summed E-state index contributed by atoms with van der Waals surface area (Å²) < 4.78 is 4.86. The monoisotopic (exact) mass is 242 g/mol. The molecular weight excluding hydrogens is 216 g/mol. The van der Waals surface area contributed by atoms with Crippen LogP contribution in [-0.2, 0) is 9.53 Å². The summed E-state index contributed by atoms with van der Waals surface area (Å²) in [5, 5.41) is 3.37. The number of carbonyl (C=O) groups excluding carboxylic acids is 1. The highest BCUT2D eigenvalue weighted by molar-refractivity contribution is 5.69. The highest BCUT2D eigenvalue weighted by atomic mass is 16.5. The average molecular weight is 242 g/mol. The summed E-state index contributed by atoms with van der Waals surface area (Å²) >= 11 is 0. The standard InChI is InChI=1S/C13H26N2O2/c1-2-17-13(16)7-5-8-14-9-6-12-15-10-3-4-11-15/h14H,2-12H2,1H3. The predicted octanol–water partition coefficient (Wildman–Crippen LogP) is 1.41. The molecule has 0 saturated carbocycles. The highest BCUT2D eigenvalue weighted by Gasteiger charge is 2.09. The minimum Gasteiger partial charge on any atom is -0.466 e. The molecule has 0 aromatic rings. The molecule has 0 unspecified atom stereocenters. The van der Waals surface area contributed by atoms with Gasteiger partial charge in [-0.3, -0.25) is 4.79 Å². The lowest BCUT2D eigenvalue weighted by molar-refractivity contribution is -0.143. The van der Waals surface area contributed by atoms with Gasteiger partial charge in [-0.15, -0.1) is 0 Å². The summed E-state index contributed by atoms with van der Waals surface area (Å²) in [4.78, 5) is 13.6. The summed E-state index contributed by atoms with van der Waals surface area (Å²) in [6, 6.07) is 0. The minimum atomic E-state index is -0.0774. The van der Waals surface area contributed by atoms with Gasteiger partial charge >= 0.3 is 5.97 Å². The number of carbonyl (C=O) groups is 1. The first-order chi connectivity index (χ1) is 8.33. The van der Waals surface area contributed by atoms with E-state index in [-0.39, 0.29) is 5.97 Å². The highest BCUT2D eigenvalue weighted by Crippen LogP contribution is 2.06. The van der Waals surface area contributed by atoms with E-state index in [0.29, 0.717) is 13.0 Å². The number of nitrogens with zero attached hydrogens (tertiary/aromatic N) is 1. The quantitative estimate of drug-likeness (QED) is 0.490. The third-order valence-electron chi connectivity index (χ3n) is 3.07. The number of hydrogen-bond acceptors (Lipinski definition) is 4. The predicted molar refractivity (Wildman–Crippen MR) is 69.0 cm³/mol. The van der Waals surface area contributed by atoms with Gasteiger partial charge in [0.15, 0.2) is 0 Å². The van der Waals surface area contributed by atoms with Gasteiger partial charge in [-0.2, -0.15) is 0 Å². The Bertz CT molecular complexity index is 204. The van der Waals surface area contributed by atoms with E-state index in [1.54, 1.807) is 0 Å². The molecule has 0 radical (unpaired) electrons. The molecule has 17 heavy (non-hydrogen) atoms. The van der Waals surface area contributed by atoms with Crippen molar-refractivity contribution in [2.75, 3.05) is 39.3 Å². The van der Waals surface area contributed by atoms with Crippen LogP contribution in [0, 0.1) is 0 Å². The van der Waals surface area contributed by atoms with Crippen LogP contribution in [0.3, 0.4) is 0 Å². The Hall–Kier alpha value is -0.610. The van der Waals surface area contributed by atoms with Gasteiger partial charge in [0.1, 0.15) is 0 Å². The molecule has 1 rings (SSSR count). The number of rotatable bonds is 9. The normalized spacial score (nSPS) is 16.3. The number of nitrogens with one attached hydrogen (secondary N) is 1.